The first-order chi connectivity index (χ1) is 25.8. The maximum Gasteiger partial charge on any atom is 0.469 e. The summed E-state index contributed by atoms with van der Waals surface area (Å²) in [7, 11) is -5.11. The molecular weight excluding hydrogens is 739 g/mol. The summed E-state index contributed by atoms with van der Waals surface area (Å²) in [6.45, 7) is 8.00. The molecule has 9 N–H and O–H groups in total. The lowest BCUT2D eigenvalue weighted by molar-refractivity contribution is -0.139. The summed E-state index contributed by atoms with van der Waals surface area (Å²) in [5.74, 6) is -4.88. The number of hydrogen-bond acceptors (Lipinski definition) is 10. The largest absolute Gasteiger partial charge is 0.469 e. The SMILES string of the molecule is CC(=O)N1CCCC1C(=O)N[C@@H](CC(C)C)C(=O)N[C@@H](Cc1cncn1CC(C)c1ccccc1)C(=O)N[C@@H](CO)C(=O)NC(C(N)=O)C(C)OP(=O)(O)O. The molecule has 0 spiro atoms. The Kier molecular flexibility index (Phi) is 16.5. The van der Waals surface area contributed by atoms with E-state index in [2.05, 4.69) is 30.8 Å². The molecule has 3 rings (SSSR count). The lowest BCUT2D eigenvalue weighted by Crippen LogP contribution is -2.61. The fourth-order valence-electron chi connectivity index (χ4n) is 6.36. The lowest BCUT2D eigenvalue weighted by Gasteiger charge is -2.28. The van der Waals surface area contributed by atoms with Gasteiger partial charge in [0.2, 0.25) is 35.4 Å². The highest BCUT2D eigenvalue weighted by atomic mass is 31.2. The van der Waals surface area contributed by atoms with Crippen molar-refractivity contribution in [2.75, 3.05) is 13.2 Å². The van der Waals surface area contributed by atoms with Gasteiger partial charge in [-0.25, -0.2) is 9.55 Å². The van der Waals surface area contributed by atoms with Crippen molar-refractivity contribution in [1.29, 1.82) is 0 Å². The van der Waals surface area contributed by atoms with Crippen LogP contribution in [0.3, 0.4) is 0 Å². The second-order valence-corrected chi connectivity index (χ2v) is 15.3. The number of carbonyl (C=O) groups excluding carboxylic acids is 6. The molecule has 0 bridgehead atoms. The van der Waals surface area contributed by atoms with Crippen LogP contribution in [0.2, 0.25) is 0 Å². The number of aromatic nitrogens is 2. The first-order valence-corrected chi connectivity index (χ1v) is 19.5. The zero-order chi connectivity index (χ0) is 41.0. The molecule has 2 aromatic rings. The van der Waals surface area contributed by atoms with Crippen molar-refractivity contribution in [2.24, 2.45) is 11.7 Å². The topological polar surface area (TPSA) is 285 Å². The summed E-state index contributed by atoms with van der Waals surface area (Å²) in [6.07, 6.45) is 2.54. The van der Waals surface area contributed by atoms with Crippen LogP contribution in [0.4, 0.5) is 0 Å². The van der Waals surface area contributed by atoms with E-state index in [0.29, 0.717) is 31.6 Å². The number of aliphatic hydroxyl groups excluding tert-OH is 1. The van der Waals surface area contributed by atoms with E-state index in [0.717, 1.165) is 12.5 Å². The molecule has 0 radical (unpaired) electrons. The van der Waals surface area contributed by atoms with Gasteiger partial charge in [-0.2, -0.15) is 0 Å². The van der Waals surface area contributed by atoms with Gasteiger partial charge < -0.3 is 51.4 Å². The van der Waals surface area contributed by atoms with Crippen molar-refractivity contribution < 1.29 is 52.7 Å². The molecule has 19 nitrogen and oxygen atoms in total. The van der Waals surface area contributed by atoms with Gasteiger partial charge in [0, 0.05) is 38.3 Å². The van der Waals surface area contributed by atoms with Gasteiger partial charge in [-0.15, -0.1) is 0 Å². The summed E-state index contributed by atoms with van der Waals surface area (Å²) in [5.41, 5.74) is 6.91. The molecule has 6 amide bonds. The van der Waals surface area contributed by atoms with Gasteiger partial charge in [0.05, 0.1) is 19.0 Å². The van der Waals surface area contributed by atoms with Crippen molar-refractivity contribution in [1.82, 2.24) is 35.7 Å². The molecule has 20 heteroatoms. The molecule has 1 aromatic heterocycles. The number of benzene rings is 1. The lowest BCUT2D eigenvalue weighted by atomic mass is 10.0. The molecule has 1 aliphatic heterocycles. The zero-order valence-electron chi connectivity index (χ0n) is 31.6. The summed E-state index contributed by atoms with van der Waals surface area (Å²) in [4.78, 5) is 103. The molecule has 1 fully saturated rings. The maximum absolute atomic E-state index is 14.0. The van der Waals surface area contributed by atoms with Crippen LogP contribution in [0, 0.1) is 5.92 Å². The molecule has 2 heterocycles. The molecule has 304 valence electrons. The average Bonchev–Trinajstić information content (AvgIpc) is 3.78. The van der Waals surface area contributed by atoms with Crippen molar-refractivity contribution in [3.63, 3.8) is 0 Å². The van der Waals surface area contributed by atoms with Gasteiger partial charge in [0.15, 0.2) is 0 Å². The Hall–Kier alpha value is -4.68. The number of nitrogens with two attached hydrogens (primary N) is 1. The summed E-state index contributed by atoms with van der Waals surface area (Å²) >= 11 is 0. The Bertz CT molecular complexity index is 1700. The zero-order valence-corrected chi connectivity index (χ0v) is 32.5. The molecule has 4 unspecified atom stereocenters. The Morgan fingerprint density at radius 3 is 2.15 bits per heavy atom. The second kappa shape index (κ2) is 20.3. The fraction of sp³-hybridized carbons (Fsp3) is 0.571. The van der Waals surface area contributed by atoms with Gasteiger partial charge in [0.1, 0.15) is 30.2 Å². The first kappa shape index (κ1) is 44.7. The van der Waals surface area contributed by atoms with E-state index in [1.54, 1.807) is 6.33 Å². The maximum atomic E-state index is 14.0. The number of amides is 6. The van der Waals surface area contributed by atoms with Gasteiger partial charge >= 0.3 is 7.82 Å². The predicted octanol–water partition coefficient (Wildman–Crippen LogP) is -0.799. The third-order valence-corrected chi connectivity index (χ3v) is 9.78. The van der Waals surface area contributed by atoms with E-state index in [-0.39, 0.29) is 30.6 Å². The van der Waals surface area contributed by atoms with Gasteiger partial charge in [-0.3, -0.25) is 33.3 Å². The van der Waals surface area contributed by atoms with Crippen molar-refractivity contribution >= 4 is 43.3 Å². The predicted molar refractivity (Wildman–Crippen MR) is 197 cm³/mol. The van der Waals surface area contributed by atoms with Crippen molar-refractivity contribution in [2.45, 2.75) is 109 Å². The van der Waals surface area contributed by atoms with Crippen LogP contribution in [-0.2, 0) is 50.8 Å². The molecule has 1 aromatic carbocycles. The Balaban J connectivity index is 1.90. The minimum Gasteiger partial charge on any atom is -0.394 e. The Morgan fingerprint density at radius 2 is 1.56 bits per heavy atom. The summed E-state index contributed by atoms with van der Waals surface area (Å²) in [5, 5.41) is 20.1. The first-order valence-electron chi connectivity index (χ1n) is 18.0. The van der Waals surface area contributed by atoms with Crippen molar-refractivity contribution in [3.05, 3.63) is 54.1 Å². The van der Waals surface area contributed by atoms with Crippen molar-refractivity contribution in [3.8, 4) is 0 Å². The minimum absolute atomic E-state index is 0.0180. The number of nitrogens with zero attached hydrogens (tertiary/aromatic N) is 3. The number of hydrogen-bond donors (Lipinski definition) is 8. The van der Waals surface area contributed by atoms with Crippen LogP contribution in [-0.4, -0.2) is 114 Å². The third kappa shape index (κ3) is 13.5. The number of phosphoric acid groups is 1. The molecule has 55 heavy (non-hydrogen) atoms. The Labute approximate surface area is 319 Å². The van der Waals surface area contributed by atoms with E-state index in [9.17, 15) is 38.4 Å². The van der Waals surface area contributed by atoms with Crippen LogP contribution >= 0.6 is 7.82 Å². The number of imidazole rings is 1. The van der Waals surface area contributed by atoms with Crippen LogP contribution in [0.15, 0.2) is 42.9 Å². The third-order valence-electron chi connectivity index (χ3n) is 9.18. The number of rotatable bonds is 20. The standard InChI is InChI=1S/C35H53N8O11P/c1-20(2)14-26(39-35(50)29-12-9-13-43(29)23(5)45)32(47)38-27(15-25-16-37-19-42(25)17-21(3)24-10-7-6-8-11-24)33(48)40-28(18-44)34(49)41-30(31(36)46)22(4)54-55(51,52)53/h6-8,10-11,16,19-22,26-30,44H,9,12-15,17-18H2,1-5H3,(H2,36,46)(H,38,47)(H,39,50)(H,40,48)(H,41,49)(H2,51,52,53)/t21?,22?,26-,27-,28-,29?,30?/m0/s1. The number of carbonyl (C=O) groups is 6. The highest BCUT2D eigenvalue weighted by Gasteiger charge is 2.37. The van der Waals surface area contributed by atoms with Crippen LogP contribution in [0.25, 0.3) is 0 Å². The molecule has 1 saturated heterocycles. The molecular formula is C35H53N8O11P. The molecule has 7 atom stereocenters. The number of primary amides is 1. The fourth-order valence-corrected chi connectivity index (χ4v) is 6.91. The molecule has 0 aliphatic carbocycles. The smallest absolute Gasteiger partial charge is 0.394 e. The molecule has 0 saturated carbocycles. The monoisotopic (exact) mass is 792 g/mol. The second-order valence-electron chi connectivity index (χ2n) is 14.1. The number of aliphatic hydroxyl groups is 1. The van der Waals surface area contributed by atoms with Crippen LogP contribution in [0.1, 0.15) is 71.1 Å². The van der Waals surface area contributed by atoms with E-state index in [4.69, 9.17) is 15.5 Å². The van der Waals surface area contributed by atoms with Gasteiger partial charge in [-0.05, 0) is 43.6 Å². The van der Waals surface area contributed by atoms with Gasteiger partial charge in [0.25, 0.3) is 0 Å². The number of likely N-dealkylation sites (tertiary alicyclic amines) is 1. The highest BCUT2D eigenvalue weighted by Crippen LogP contribution is 2.38. The summed E-state index contributed by atoms with van der Waals surface area (Å²) in [6, 6.07) is 2.88. The molecule has 1 aliphatic rings. The number of phosphoric ester groups is 1. The van der Waals surface area contributed by atoms with Crippen LogP contribution < -0.4 is 27.0 Å². The number of nitrogens with one attached hydrogen (secondary N) is 4. The van der Waals surface area contributed by atoms with E-state index in [1.807, 2.05) is 55.7 Å². The van der Waals surface area contributed by atoms with E-state index < -0.39 is 80.3 Å². The Morgan fingerprint density at radius 1 is 0.945 bits per heavy atom. The highest BCUT2D eigenvalue weighted by molar-refractivity contribution is 7.46. The average molecular weight is 793 g/mol. The quantitative estimate of drug-likeness (QED) is 0.0766. The van der Waals surface area contributed by atoms with E-state index in [1.165, 1.54) is 18.0 Å². The van der Waals surface area contributed by atoms with E-state index >= 15 is 0 Å². The normalized spacial score (nSPS) is 17.7. The van der Waals surface area contributed by atoms with Gasteiger partial charge in [-0.1, -0.05) is 51.1 Å². The summed E-state index contributed by atoms with van der Waals surface area (Å²) < 4.78 is 17.6. The minimum atomic E-state index is -5.11. The van der Waals surface area contributed by atoms with Crippen LogP contribution in [0.5, 0.6) is 0 Å².